The Labute approximate surface area is 433 Å². The molecule has 0 fully saturated rings. The number of aliphatic carboxylic acids is 1. The highest BCUT2D eigenvalue weighted by Gasteiger charge is 2.35. The van der Waals surface area contributed by atoms with Crippen molar-refractivity contribution in [2.45, 2.75) is 95.0 Å². The Hall–Kier alpha value is -8.72. The zero-order valence-corrected chi connectivity index (χ0v) is 41.8. The number of fused-ring (bicyclic) bond motifs is 2. The first-order valence-electron chi connectivity index (χ1n) is 24.7. The van der Waals surface area contributed by atoms with Crippen molar-refractivity contribution in [3.05, 3.63) is 138 Å². The van der Waals surface area contributed by atoms with Gasteiger partial charge in [-0.3, -0.25) is 38.6 Å². The van der Waals surface area contributed by atoms with Gasteiger partial charge in [0.2, 0.25) is 35.4 Å². The van der Waals surface area contributed by atoms with Crippen molar-refractivity contribution in [2.75, 3.05) is 13.1 Å². The Balaban J connectivity index is 1.31. The lowest BCUT2D eigenvalue weighted by Crippen LogP contribution is -2.60. The van der Waals surface area contributed by atoms with E-state index in [4.69, 9.17) is 17.2 Å². The van der Waals surface area contributed by atoms with E-state index in [0.717, 1.165) is 21.8 Å². The Morgan fingerprint density at radius 1 is 0.587 bits per heavy atom. The fraction of sp³-hybridized carbons (Fsp3) is 0.333. The monoisotopic (exact) mass is 1030 g/mol. The van der Waals surface area contributed by atoms with Crippen LogP contribution < -0.4 is 49.1 Å². The molecular formula is C54H66N12O9. The van der Waals surface area contributed by atoms with Gasteiger partial charge in [0.05, 0.1) is 6.04 Å². The van der Waals surface area contributed by atoms with Crippen LogP contribution in [0.15, 0.2) is 121 Å². The molecule has 2 heterocycles. The van der Waals surface area contributed by atoms with Gasteiger partial charge in [-0.25, -0.2) is 0 Å². The van der Waals surface area contributed by atoms with Crippen molar-refractivity contribution in [3.8, 4) is 5.75 Å². The van der Waals surface area contributed by atoms with Gasteiger partial charge >= 0.3 is 5.97 Å². The van der Waals surface area contributed by atoms with Crippen molar-refractivity contribution in [1.29, 1.82) is 0 Å². The molecule has 0 aliphatic rings. The van der Waals surface area contributed by atoms with Crippen LogP contribution >= 0.6 is 0 Å². The van der Waals surface area contributed by atoms with Gasteiger partial charge in [0.25, 0.3) is 0 Å². The molecule has 75 heavy (non-hydrogen) atoms. The minimum Gasteiger partial charge on any atom is -0.508 e. The zero-order chi connectivity index (χ0) is 54.0. The van der Waals surface area contributed by atoms with E-state index in [0.29, 0.717) is 28.7 Å². The fourth-order valence-electron chi connectivity index (χ4n) is 8.59. The summed E-state index contributed by atoms with van der Waals surface area (Å²) in [5.74, 6) is -6.30. The van der Waals surface area contributed by atoms with E-state index in [9.17, 15) is 43.8 Å². The van der Waals surface area contributed by atoms with Crippen molar-refractivity contribution < 1.29 is 43.8 Å². The maximum absolute atomic E-state index is 14.9. The van der Waals surface area contributed by atoms with Crippen LogP contribution in [0.2, 0.25) is 0 Å². The van der Waals surface area contributed by atoms with Crippen molar-refractivity contribution in [3.63, 3.8) is 0 Å². The topological polar surface area (TPSA) is 354 Å². The summed E-state index contributed by atoms with van der Waals surface area (Å²) < 4.78 is 0. The summed E-state index contributed by atoms with van der Waals surface area (Å²) >= 11 is 0. The van der Waals surface area contributed by atoms with Crippen LogP contribution in [-0.4, -0.2) is 117 Å². The quantitative estimate of drug-likeness (QED) is 0.0199. The second-order valence-electron chi connectivity index (χ2n) is 18.5. The number of nitrogens with two attached hydrogens (primary N) is 3. The van der Waals surface area contributed by atoms with Gasteiger partial charge in [0.1, 0.15) is 42.5 Å². The Morgan fingerprint density at radius 2 is 1.07 bits per heavy atom. The first-order chi connectivity index (χ1) is 36.0. The average molecular weight is 1030 g/mol. The van der Waals surface area contributed by atoms with E-state index in [1.54, 1.807) is 68.7 Å². The molecule has 0 spiro atoms. The van der Waals surface area contributed by atoms with Gasteiger partial charge < -0.3 is 69.3 Å². The summed E-state index contributed by atoms with van der Waals surface area (Å²) in [4.78, 5) is 108. The molecule has 0 aliphatic heterocycles. The number of amides is 6. The summed E-state index contributed by atoms with van der Waals surface area (Å²) in [7, 11) is 0. The second-order valence-corrected chi connectivity index (χ2v) is 18.5. The standard InChI is InChI=1S/C54H66N12O9/c1-3-31(2)47(53(75)61-30-46(68)69)66-49(71)42(18-11-23-58-54(56)57)62-51(73)45(27-35-29-60-41-17-10-8-15-38(35)41)65-50(72)43(25-32-12-5-4-6-13-32)64-52(74)44(26-34-28-59-40-16-9-7-14-37(34)40)63-48(70)39(55)24-33-19-21-36(67)22-20-33/h4-10,12-17,19-22,28-29,31,39,42-45,47,59-60,67H,3,11,18,23-27,30,55H2,1-2H3,(H,61,75)(H,62,73)(H,63,70)(H,64,74)(H,65,72)(H,66,71)(H,68,69)(H4,56,57,58)/t31-,39-,42-,43-,44-,45-,47-/m0/s1. The number of aromatic amines is 2. The number of phenolic OH excluding ortho intramolecular Hbond substituents is 1. The van der Waals surface area contributed by atoms with Gasteiger partial charge in [0.15, 0.2) is 5.96 Å². The maximum atomic E-state index is 14.9. The highest BCUT2D eigenvalue weighted by atomic mass is 16.4. The average Bonchev–Trinajstić information content (AvgIpc) is 4.01. The lowest BCUT2D eigenvalue weighted by molar-refractivity contribution is -0.139. The molecule has 0 saturated carbocycles. The molecule has 0 bridgehead atoms. The highest BCUT2D eigenvalue weighted by molar-refractivity contribution is 5.98. The molecule has 4 aromatic carbocycles. The summed E-state index contributed by atoms with van der Waals surface area (Å²) in [6.45, 7) is 2.91. The third-order valence-electron chi connectivity index (χ3n) is 12.9. The summed E-state index contributed by atoms with van der Waals surface area (Å²) in [6.07, 6.45) is 3.97. The van der Waals surface area contributed by atoms with Gasteiger partial charge in [-0.15, -0.1) is 0 Å². The molecule has 0 radical (unpaired) electrons. The maximum Gasteiger partial charge on any atom is 0.322 e. The van der Waals surface area contributed by atoms with Crippen LogP contribution in [0.25, 0.3) is 21.8 Å². The third kappa shape index (κ3) is 16.1. The number of aromatic nitrogens is 2. The predicted octanol–water partition coefficient (Wildman–Crippen LogP) is 1.68. The molecule has 396 valence electrons. The number of guanidine groups is 1. The number of para-hydroxylation sites is 2. The highest BCUT2D eigenvalue weighted by Crippen LogP contribution is 2.22. The van der Waals surface area contributed by atoms with Crippen molar-refractivity contribution in [1.82, 2.24) is 41.9 Å². The number of aliphatic imine (C=N–C) groups is 1. The molecule has 2 aromatic heterocycles. The Morgan fingerprint density at radius 3 is 1.60 bits per heavy atom. The number of carbonyl (C=O) groups excluding carboxylic acids is 6. The Bertz CT molecular complexity index is 2950. The molecule has 0 saturated heterocycles. The van der Waals surface area contributed by atoms with Crippen LogP contribution in [0.5, 0.6) is 5.75 Å². The SMILES string of the molecule is CC[C@H](C)[C@H](NC(=O)[C@H](CCCN=C(N)N)NC(=O)[C@H](Cc1c[nH]c2ccccc12)NC(=O)[C@H](Cc1ccccc1)NC(=O)[C@H](Cc1c[nH]c2ccccc12)NC(=O)[C@@H](N)Cc1ccc(O)cc1)C(=O)NCC(=O)O. The van der Waals surface area contributed by atoms with Crippen molar-refractivity contribution >= 4 is 69.2 Å². The van der Waals surface area contributed by atoms with Gasteiger partial charge in [-0.05, 0) is 71.7 Å². The molecule has 0 aliphatic carbocycles. The number of phenols is 1. The van der Waals surface area contributed by atoms with Gasteiger partial charge in [-0.1, -0.05) is 99.1 Å². The number of H-pyrrole nitrogens is 2. The third-order valence-corrected chi connectivity index (χ3v) is 12.9. The number of hydrogen-bond donors (Lipinski definition) is 13. The smallest absolute Gasteiger partial charge is 0.322 e. The number of nitrogens with one attached hydrogen (secondary N) is 8. The normalized spacial score (nSPS) is 14.0. The number of hydrogen-bond acceptors (Lipinski definition) is 10. The summed E-state index contributed by atoms with van der Waals surface area (Å²) in [6, 6.07) is 22.3. The second kappa shape index (κ2) is 26.8. The molecule has 7 atom stereocenters. The number of aromatic hydroxyl groups is 1. The van der Waals surface area contributed by atoms with Crippen LogP contribution in [0.1, 0.15) is 55.4 Å². The molecule has 21 heteroatoms. The van der Waals surface area contributed by atoms with E-state index in [-0.39, 0.29) is 56.8 Å². The number of carboxylic acid groups (broad SMARTS) is 1. The summed E-state index contributed by atoms with van der Waals surface area (Å²) in [5, 5.41) is 36.9. The lowest BCUT2D eigenvalue weighted by Gasteiger charge is -2.28. The van der Waals surface area contributed by atoms with E-state index < -0.39 is 90.1 Å². The first-order valence-corrected chi connectivity index (χ1v) is 24.7. The van der Waals surface area contributed by atoms with E-state index >= 15 is 0 Å². The van der Waals surface area contributed by atoms with E-state index in [2.05, 4.69) is 46.9 Å². The molecule has 6 aromatic rings. The molecular weight excluding hydrogens is 961 g/mol. The largest absolute Gasteiger partial charge is 0.508 e. The summed E-state index contributed by atoms with van der Waals surface area (Å²) in [5.41, 5.74) is 21.8. The number of carboxylic acids is 1. The van der Waals surface area contributed by atoms with Crippen LogP contribution in [0.4, 0.5) is 0 Å². The number of benzene rings is 4. The number of nitrogens with zero attached hydrogens (tertiary/aromatic N) is 1. The minimum atomic E-state index is -1.39. The van der Waals surface area contributed by atoms with Crippen LogP contribution in [-0.2, 0) is 59.2 Å². The zero-order valence-electron chi connectivity index (χ0n) is 41.8. The van der Waals surface area contributed by atoms with Crippen LogP contribution in [0, 0.1) is 5.92 Å². The number of rotatable bonds is 27. The first kappa shape index (κ1) is 55.6. The van der Waals surface area contributed by atoms with Gasteiger partial charge in [-0.2, -0.15) is 0 Å². The Kier molecular flexibility index (Phi) is 19.9. The van der Waals surface area contributed by atoms with Crippen molar-refractivity contribution in [2.24, 2.45) is 28.1 Å². The molecule has 6 rings (SSSR count). The molecule has 6 amide bonds. The van der Waals surface area contributed by atoms with E-state index in [1.165, 1.54) is 12.1 Å². The predicted molar refractivity (Wildman–Crippen MR) is 284 cm³/mol. The lowest BCUT2D eigenvalue weighted by atomic mass is 9.97. The minimum absolute atomic E-state index is 0.00939. The fourth-order valence-corrected chi connectivity index (χ4v) is 8.59. The van der Waals surface area contributed by atoms with E-state index in [1.807, 2.05) is 48.5 Å². The molecule has 0 unspecified atom stereocenters. The van der Waals surface area contributed by atoms with Crippen LogP contribution in [0.3, 0.4) is 0 Å². The number of carbonyl (C=O) groups is 7. The molecule has 16 N–H and O–H groups in total. The molecule has 21 nitrogen and oxygen atoms in total. The van der Waals surface area contributed by atoms with Gasteiger partial charge in [0, 0.05) is 60.0 Å².